The van der Waals surface area contributed by atoms with Crippen molar-refractivity contribution in [2.24, 2.45) is 5.92 Å². The number of anilines is 1. The van der Waals surface area contributed by atoms with Gasteiger partial charge in [0.2, 0.25) is 17.7 Å². The van der Waals surface area contributed by atoms with Gasteiger partial charge in [0.15, 0.2) is 0 Å². The monoisotopic (exact) mass is 439 g/mol. The van der Waals surface area contributed by atoms with Crippen molar-refractivity contribution in [2.45, 2.75) is 32.1 Å². The van der Waals surface area contributed by atoms with E-state index in [1.54, 1.807) is 9.80 Å². The highest BCUT2D eigenvalue weighted by Crippen LogP contribution is 2.22. The third-order valence-corrected chi connectivity index (χ3v) is 6.38. The number of piperazine rings is 1. The van der Waals surface area contributed by atoms with Gasteiger partial charge in [-0.1, -0.05) is 18.2 Å². The third kappa shape index (κ3) is 6.30. The molecule has 8 nitrogen and oxygen atoms in total. The van der Waals surface area contributed by atoms with Gasteiger partial charge < -0.3 is 19.6 Å². The Morgan fingerprint density at radius 1 is 0.969 bits per heavy atom. The summed E-state index contributed by atoms with van der Waals surface area (Å²) in [5.41, 5.74) is 0.739. The predicted molar refractivity (Wildman–Crippen MR) is 122 cm³/mol. The molecule has 0 aromatic heterocycles. The van der Waals surface area contributed by atoms with Crippen molar-refractivity contribution in [2.75, 3.05) is 57.8 Å². The first-order valence-electron chi connectivity index (χ1n) is 11.5. The fourth-order valence-electron chi connectivity index (χ4n) is 4.34. The number of carbonyl (C=O) groups is 3. The zero-order chi connectivity index (χ0) is 22.9. The smallest absolute Gasteiger partial charge is 0.227 e. The molecule has 2 aliphatic heterocycles. The van der Waals surface area contributed by atoms with Crippen LogP contribution in [0.2, 0.25) is 0 Å². The maximum atomic E-state index is 12.8. The highest BCUT2D eigenvalue weighted by atomic mass is 16.2. The molecule has 3 amide bonds. The number of para-hydroxylation sites is 1. The minimum absolute atomic E-state index is 0.0105. The van der Waals surface area contributed by atoms with Gasteiger partial charge in [-0.3, -0.25) is 14.4 Å². The molecule has 0 bridgehead atoms. The van der Waals surface area contributed by atoms with Gasteiger partial charge in [0.1, 0.15) is 0 Å². The lowest BCUT2D eigenvalue weighted by Crippen LogP contribution is -2.51. The van der Waals surface area contributed by atoms with Gasteiger partial charge >= 0.3 is 0 Å². The lowest BCUT2D eigenvalue weighted by Gasteiger charge is -2.37. The molecule has 2 fully saturated rings. The van der Waals surface area contributed by atoms with E-state index >= 15 is 0 Å². The van der Waals surface area contributed by atoms with Crippen LogP contribution in [0.3, 0.4) is 0 Å². The molecule has 8 heteroatoms. The number of benzene rings is 1. The van der Waals surface area contributed by atoms with E-state index in [-0.39, 0.29) is 42.9 Å². The van der Waals surface area contributed by atoms with Crippen molar-refractivity contribution in [3.8, 4) is 6.07 Å². The van der Waals surface area contributed by atoms with E-state index < -0.39 is 0 Å². The minimum Gasteiger partial charge on any atom is -0.343 e. The van der Waals surface area contributed by atoms with E-state index in [1.165, 1.54) is 0 Å². The number of piperidine rings is 1. The first-order chi connectivity index (χ1) is 15.5. The van der Waals surface area contributed by atoms with Crippen LogP contribution in [0.5, 0.6) is 0 Å². The minimum atomic E-state index is -0.153. The van der Waals surface area contributed by atoms with Crippen LogP contribution in [-0.4, -0.2) is 85.3 Å². The number of hydrogen-bond acceptors (Lipinski definition) is 5. The summed E-state index contributed by atoms with van der Waals surface area (Å²) in [5, 5.41) is 8.91. The van der Waals surface area contributed by atoms with Crippen molar-refractivity contribution in [3.05, 3.63) is 30.3 Å². The topological polar surface area (TPSA) is 88.0 Å². The molecule has 1 aromatic rings. The summed E-state index contributed by atoms with van der Waals surface area (Å²) in [7, 11) is 2.07. The van der Waals surface area contributed by atoms with E-state index in [2.05, 4.69) is 18.0 Å². The summed E-state index contributed by atoms with van der Waals surface area (Å²) in [4.78, 5) is 45.8. The van der Waals surface area contributed by atoms with Gasteiger partial charge in [-0.25, -0.2) is 0 Å². The van der Waals surface area contributed by atoms with Crippen molar-refractivity contribution in [3.63, 3.8) is 0 Å². The van der Waals surface area contributed by atoms with Crippen LogP contribution in [0.4, 0.5) is 5.69 Å². The maximum absolute atomic E-state index is 12.8. The summed E-state index contributed by atoms with van der Waals surface area (Å²) < 4.78 is 0. The van der Waals surface area contributed by atoms with Crippen LogP contribution < -0.4 is 4.90 Å². The second kappa shape index (κ2) is 11.6. The van der Waals surface area contributed by atoms with Crippen molar-refractivity contribution < 1.29 is 14.4 Å². The normalized spacial score (nSPS) is 17.6. The van der Waals surface area contributed by atoms with Crippen LogP contribution in [0, 0.1) is 17.2 Å². The lowest BCUT2D eigenvalue weighted by atomic mass is 9.94. The number of amides is 3. The number of nitrogens with zero attached hydrogens (tertiary/aromatic N) is 5. The fourth-order valence-corrected chi connectivity index (χ4v) is 4.34. The van der Waals surface area contributed by atoms with Gasteiger partial charge in [0.05, 0.1) is 12.5 Å². The second-order valence-electron chi connectivity index (χ2n) is 8.57. The molecule has 0 aliphatic carbocycles. The molecule has 3 rings (SSSR count). The average Bonchev–Trinajstić information content (AvgIpc) is 2.83. The number of likely N-dealkylation sites (tertiary alicyclic amines) is 1. The number of likely N-dealkylation sites (N-methyl/N-ethyl adjacent to an activating group) is 1. The Bertz CT molecular complexity index is 822. The molecule has 0 saturated carbocycles. The Morgan fingerprint density at radius 2 is 1.62 bits per heavy atom. The summed E-state index contributed by atoms with van der Waals surface area (Å²) in [6.45, 7) is 4.81. The van der Waals surface area contributed by atoms with Crippen LogP contribution in [0.15, 0.2) is 30.3 Å². The fraction of sp³-hybridized carbons (Fsp3) is 0.583. The van der Waals surface area contributed by atoms with Crippen LogP contribution in [0.25, 0.3) is 0 Å². The largest absolute Gasteiger partial charge is 0.343 e. The van der Waals surface area contributed by atoms with Crippen LogP contribution in [-0.2, 0) is 14.4 Å². The number of hydrogen-bond donors (Lipinski definition) is 0. The van der Waals surface area contributed by atoms with Gasteiger partial charge in [-0.15, -0.1) is 0 Å². The highest BCUT2D eigenvalue weighted by Gasteiger charge is 2.31. The van der Waals surface area contributed by atoms with Gasteiger partial charge in [-0.05, 0) is 32.0 Å². The Hall–Kier alpha value is -2.92. The molecule has 0 unspecified atom stereocenters. The molecular formula is C24H33N5O3. The summed E-state index contributed by atoms with van der Waals surface area (Å²) >= 11 is 0. The Morgan fingerprint density at radius 3 is 2.25 bits per heavy atom. The average molecular weight is 440 g/mol. The molecule has 32 heavy (non-hydrogen) atoms. The SMILES string of the molecule is CN1CCN(C(=O)C2CCN(C(=O)CCC(=O)N(CCC#N)c3ccccc3)CC2)CC1. The summed E-state index contributed by atoms with van der Waals surface area (Å²) in [6.07, 6.45) is 1.86. The molecule has 0 spiro atoms. The maximum Gasteiger partial charge on any atom is 0.227 e. The van der Waals surface area contributed by atoms with E-state index in [9.17, 15) is 14.4 Å². The third-order valence-electron chi connectivity index (χ3n) is 6.38. The molecule has 2 saturated heterocycles. The van der Waals surface area contributed by atoms with E-state index in [0.29, 0.717) is 32.5 Å². The Labute approximate surface area is 190 Å². The van der Waals surface area contributed by atoms with Crippen molar-refractivity contribution >= 4 is 23.4 Å². The van der Waals surface area contributed by atoms with Gasteiger partial charge in [-0.2, -0.15) is 5.26 Å². The molecule has 172 valence electrons. The van der Waals surface area contributed by atoms with Crippen LogP contribution in [0.1, 0.15) is 32.1 Å². The zero-order valence-electron chi connectivity index (χ0n) is 18.9. The summed E-state index contributed by atoms with van der Waals surface area (Å²) in [6, 6.07) is 11.3. The number of carbonyl (C=O) groups excluding carboxylic acids is 3. The quantitative estimate of drug-likeness (QED) is 0.646. The van der Waals surface area contributed by atoms with Crippen LogP contribution >= 0.6 is 0 Å². The molecule has 2 aliphatic rings. The number of rotatable bonds is 7. The van der Waals surface area contributed by atoms with E-state index in [4.69, 9.17) is 5.26 Å². The first-order valence-corrected chi connectivity index (χ1v) is 11.5. The van der Waals surface area contributed by atoms with Crippen molar-refractivity contribution in [1.82, 2.24) is 14.7 Å². The zero-order valence-corrected chi connectivity index (χ0v) is 18.9. The summed E-state index contributed by atoms with van der Waals surface area (Å²) in [5.74, 6) is 0.0112. The molecule has 0 N–H and O–H groups in total. The van der Waals surface area contributed by atoms with E-state index in [0.717, 1.165) is 31.9 Å². The molecule has 2 heterocycles. The molecule has 1 aromatic carbocycles. The van der Waals surface area contributed by atoms with Gasteiger partial charge in [0.25, 0.3) is 0 Å². The molecule has 0 radical (unpaired) electrons. The predicted octanol–water partition coefficient (Wildman–Crippen LogP) is 1.73. The van der Waals surface area contributed by atoms with Crippen molar-refractivity contribution in [1.29, 1.82) is 5.26 Å². The second-order valence-corrected chi connectivity index (χ2v) is 8.57. The Balaban J connectivity index is 1.45. The van der Waals surface area contributed by atoms with E-state index in [1.807, 2.05) is 35.2 Å². The lowest BCUT2D eigenvalue weighted by molar-refractivity contribution is -0.142. The Kier molecular flexibility index (Phi) is 8.63. The molecule has 0 atom stereocenters. The standard InChI is InChI=1S/C24H33N5O3/c1-26-16-18-28(19-17-26)24(32)20-10-14-27(15-11-20)22(30)8-9-23(31)29(13-5-12-25)21-6-3-2-4-7-21/h2-4,6-7,20H,5,8-11,13-19H2,1H3. The first kappa shape index (κ1) is 23.7. The van der Waals surface area contributed by atoms with Gasteiger partial charge in [0, 0.05) is 70.3 Å². The molecular weight excluding hydrogens is 406 g/mol. The number of nitriles is 1. The highest BCUT2D eigenvalue weighted by molar-refractivity contribution is 5.95.